The number of benzene rings is 1. The lowest BCUT2D eigenvalue weighted by atomic mass is 9.63. The van der Waals surface area contributed by atoms with Crippen molar-refractivity contribution in [2.24, 2.45) is 0 Å². The molecule has 1 heteroatoms. The average Bonchev–Trinajstić information content (AvgIpc) is 2.44. The minimum Gasteiger partial charge on any atom is -0.256 e. The van der Waals surface area contributed by atoms with Gasteiger partial charge in [0, 0.05) is 11.8 Å². The number of hydrogen-bond acceptors (Lipinski definition) is 1. The molecule has 0 spiro atoms. The molecule has 0 unspecified atom stereocenters. The van der Waals surface area contributed by atoms with Gasteiger partial charge in [-0.15, -0.1) is 0 Å². The van der Waals surface area contributed by atoms with Gasteiger partial charge in [-0.05, 0) is 65.5 Å². The standard InChI is InChI=1S/C20H25N/c1-14-8-11-21-18(12-14)15-6-7-16-17(13-15)20(4,5)10-9-19(16,2)3/h6-8,11-13H,9-10H2,1-5H3. The van der Waals surface area contributed by atoms with Crippen LogP contribution in [-0.4, -0.2) is 4.98 Å². The molecule has 0 aliphatic heterocycles. The highest BCUT2D eigenvalue weighted by Gasteiger charge is 2.36. The van der Waals surface area contributed by atoms with E-state index in [2.05, 4.69) is 69.9 Å². The summed E-state index contributed by atoms with van der Waals surface area (Å²) in [7, 11) is 0. The highest BCUT2D eigenvalue weighted by Crippen LogP contribution is 2.46. The maximum atomic E-state index is 4.54. The van der Waals surface area contributed by atoms with Gasteiger partial charge in [0.15, 0.2) is 0 Å². The first kappa shape index (κ1) is 14.3. The van der Waals surface area contributed by atoms with Gasteiger partial charge in [-0.1, -0.05) is 39.8 Å². The van der Waals surface area contributed by atoms with E-state index in [0.717, 1.165) is 5.69 Å². The molecule has 21 heavy (non-hydrogen) atoms. The van der Waals surface area contributed by atoms with Crippen molar-refractivity contribution in [1.29, 1.82) is 0 Å². The summed E-state index contributed by atoms with van der Waals surface area (Å²) < 4.78 is 0. The Morgan fingerprint density at radius 2 is 1.52 bits per heavy atom. The van der Waals surface area contributed by atoms with E-state index < -0.39 is 0 Å². The topological polar surface area (TPSA) is 12.9 Å². The maximum Gasteiger partial charge on any atom is 0.0704 e. The Balaban J connectivity index is 2.16. The number of rotatable bonds is 1. The highest BCUT2D eigenvalue weighted by atomic mass is 14.7. The fourth-order valence-electron chi connectivity index (χ4n) is 3.44. The summed E-state index contributed by atoms with van der Waals surface area (Å²) in [4.78, 5) is 4.54. The van der Waals surface area contributed by atoms with Crippen LogP contribution in [0, 0.1) is 6.92 Å². The summed E-state index contributed by atoms with van der Waals surface area (Å²) >= 11 is 0. The molecule has 0 fully saturated rings. The van der Waals surface area contributed by atoms with Gasteiger partial charge in [0.1, 0.15) is 0 Å². The average molecular weight is 279 g/mol. The minimum atomic E-state index is 0.255. The van der Waals surface area contributed by atoms with Gasteiger partial charge in [0.25, 0.3) is 0 Å². The second-order valence-electron chi connectivity index (χ2n) is 7.75. The lowest BCUT2D eigenvalue weighted by Gasteiger charge is -2.42. The van der Waals surface area contributed by atoms with Crippen LogP contribution in [0.1, 0.15) is 57.2 Å². The van der Waals surface area contributed by atoms with Crippen LogP contribution < -0.4 is 0 Å². The summed E-state index contributed by atoms with van der Waals surface area (Å²) in [5, 5.41) is 0. The summed E-state index contributed by atoms with van der Waals surface area (Å²) in [6.07, 6.45) is 4.41. The molecule has 1 nitrogen and oxygen atoms in total. The zero-order valence-corrected chi connectivity index (χ0v) is 13.8. The van der Waals surface area contributed by atoms with E-state index in [9.17, 15) is 0 Å². The van der Waals surface area contributed by atoms with Gasteiger partial charge < -0.3 is 0 Å². The second-order valence-corrected chi connectivity index (χ2v) is 7.75. The third-order valence-electron chi connectivity index (χ3n) is 5.06. The summed E-state index contributed by atoms with van der Waals surface area (Å²) in [6, 6.07) is 11.2. The summed E-state index contributed by atoms with van der Waals surface area (Å²) in [5.41, 5.74) is 7.13. The lowest BCUT2D eigenvalue weighted by Crippen LogP contribution is -2.33. The largest absolute Gasteiger partial charge is 0.256 e. The molecule has 110 valence electrons. The molecule has 2 aromatic rings. The van der Waals surface area contributed by atoms with Crippen LogP contribution in [0.2, 0.25) is 0 Å². The fourth-order valence-corrected chi connectivity index (χ4v) is 3.44. The van der Waals surface area contributed by atoms with Crippen molar-refractivity contribution in [2.45, 2.75) is 58.3 Å². The molecule has 0 saturated heterocycles. The van der Waals surface area contributed by atoms with Crippen molar-refractivity contribution < 1.29 is 0 Å². The van der Waals surface area contributed by atoms with Gasteiger partial charge in [-0.3, -0.25) is 4.98 Å². The van der Waals surface area contributed by atoms with E-state index in [1.54, 1.807) is 0 Å². The predicted octanol–water partition coefficient (Wildman–Crippen LogP) is 5.41. The first-order valence-corrected chi connectivity index (χ1v) is 7.88. The molecule has 0 bridgehead atoms. The van der Waals surface area contributed by atoms with Crippen LogP contribution in [0.25, 0.3) is 11.3 Å². The molecule has 0 atom stereocenters. The Labute approximate surface area is 128 Å². The first-order chi connectivity index (χ1) is 9.79. The van der Waals surface area contributed by atoms with Crippen molar-refractivity contribution in [1.82, 2.24) is 4.98 Å². The van der Waals surface area contributed by atoms with Gasteiger partial charge >= 0.3 is 0 Å². The fraction of sp³-hybridized carbons (Fsp3) is 0.450. The summed E-state index contributed by atoms with van der Waals surface area (Å²) in [5.74, 6) is 0. The minimum absolute atomic E-state index is 0.255. The van der Waals surface area contributed by atoms with Gasteiger partial charge in [0.05, 0.1) is 5.69 Å². The normalized spacial score (nSPS) is 19.1. The van der Waals surface area contributed by atoms with Crippen LogP contribution in [0.3, 0.4) is 0 Å². The molecule has 0 radical (unpaired) electrons. The molecule has 1 aliphatic carbocycles. The number of fused-ring (bicyclic) bond motifs is 1. The van der Waals surface area contributed by atoms with Gasteiger partial charge in [-0.2, -0.15) is 0 Å². The maximum absolute atomic E-state index is 4.54. The quantitative estimate of drug-likeness (QED) is 0.680. The monoisotopic (exact) mass is 279 g/mol. The van der Waals surface area contributed by atoms with Gasteiger partial charge in [-0.25, -0.2) is 0 Å². The van der Waals surface area contributed by atoms with Crippen molar-refractivity contribution in [3.63, 3.8) is 0 Å². The molecule has 0 saturated carbocycles. The van der Waals surface area contributed by atoms with Crippen LogP contribution >= 0.6 is 0 Å². The van der Waals surface area contributed by atoms with E-state index in [1.165, 1.54) is 35.1 Å². The zero-order chi connectivity index (χ0) is 15.3. The van der Waals surface area contributed by atoms with E-state index in [4.69, 9.17) is 0 Å². The van der Waals surface area contributed by atoms with Crippen molar-refractivity contribution in [2.75, 3.05) is 0 Å². The first-order valence-electron chi connectivity index (χ1n) is 7.88. The zero-order valence-electron chi connectivity index (χ0n) is 13.8. The number of pyridine rings is 1. The molecule has 0 N–H and O–H groups in total. The van der Waals surface area contributed by atoms with Crippen LogP contribution in [0.5, 0.6) is 0 Å². The van der Waals surface area contributed by atoms with Crippen LogP contribution in [-0.2, 0) is 10.8 Å². The Morgan fingerprint density at radius 1 is 0.857 bits per heavy atom. The lowest BCUT2D eigenvalue weighted by molar-refractivity contribution is 0.332. The van der Waals surface area contributed by atoms with Crippen LogP contribution in [0.4, 0.5) is 0 Å². The smallest absolute Gasteiger partial charge is 0.0704 e. The molecule has 3 rings (SSSR count). The van der Waals surface area contributed by atoms with E-state index >= 15 is 0 Å². The predicted molar refractivity (Wildman–Crippen MR) is 89.7 cm³/mol. The molecular weight excluding hydrogens is 254 g/mol. The Morgan fingerprint density at radius 3 is 2.19 bits per heavy atom. The van der Waals surface area contributed by atoms with Crippen molar-refractivity contribution in [3.05, 3.63) is 53.2 Å². The second kappa shape index (κ2) is 4.69. The third-order valence-corrected chi connectivity index (χ3v) is 5.06. The van der Waals surface area contributed by atoms with Crippen LogP contribution in [0.15, 0.2) is 36.5 Å². The van der Waals surface area contributed by atoms with E-state index in [-0.39, 0.29) is 10.8 Å². The number of hydrogen-bond donors (Lipinski definition) is 0. The third kappa shape index (κ3) is 2.50. The number of nitrogens with zero attached hydrogens (tertiary/aromatic N) is 1. The summed E-state index contributed by atoms with van der Waals surface area (Å²) in [6.45, 7) is 11.6. The van der Waals surface area contributed by atoms with Crippen molar-refractivity contribution in [3.8, 4) is 11.3 Å². The Hall–Kier alpha value is -1.63. The molecule has 1 aliphatic rings. The van der Waals surface area contributed by atoms with E-state index in [1.807, 2.05) is 6.20 Å². The molecule has 1 aromatic carbocycles. The SMILES string of the molecule is Cc1ccnc(-c2ccc3c(c2)C(C)(C)CCC3(C)C)c1. The molecule has 1 aromatic heterocycles. The number of aromatic nitrogens is 1. The molecule has 1 heterocycles. The molecular formula is C20H25N. The van der Waals surface area contributed by atoms with Gasteiger partial charge in [0.2, 0.25) is 0 Å². The number of aryl methyl sites for hydroxylation is 1. The Kier molecular flexibility index (Phi) is 3.20. The highest BCUT2D eigenvalue weighted by molar-refractivity contribution is 5.63. The molecule has 0 amide bonds. The van der Waals surface area contributed by atoms with E-state index in [0.29, 0.717) is 0 Å². The Bertz CT molecular complexity index is 680. The van der Waals surface area contributed by atoms with Crippen molar-refractivity contribution >= 4 is 0 Å².